The number of likely N-dealkylation sites (tertiary alicyclic amines) is 1. The predicted molar refractivity (Wildman–Crippen MR) is 114 cm³/mol. The van der Waals surface area contributed by atoms with Gasteiger partial charge in [0.15, 0.2) is 11.6 Å². The number of methoxy groups -OCH3 is 1. The van der Waals surface area contributed by atoms with E-state index in [2.05, 4.69) is 5.32 Å². The Kier molecular flexibility index (Phi) is 6.39. The largest absolute Gasteiger partial charge is 0.494 e. The molecule has 0 aromatic heterocycles. The van der Waals surface area contributed by atoms with Crippen LogP contribution in [0.5, 0.6) is 11.5 Å². The lowest BCUT2D eigenvalue weighted by molar-refractivity contribution is 0.0632. The smallest absolute Gasteiger partial charge is 0.253 e. The Morgan fingerprint density at radius 2 is 1.97 bits per heavy atom. The molecule has 1 unspecified atom stereocenters. The molecule has 1 heterocycles. The van der Waals surface area contributed by atoms with E-state index in [-0.39, 0.29) is 23.5 Å². The quantitative estimate of drug-likeness (QED) is 0.734. The van der Waals surface area contributed by atoms with E-state index < -0.39 is 5.82 Å². The summed E-state index contributed by atoms with van der Waals surface area (Å²) >= 11 is 0. The summed E-state index contributed by atoms with van der Waals surface area (Å²) in [6.45, 7) is 1.64. The number of benzene rings is 2. The van der Waals surface area contributed by atoms with Crippen LogP contribution >= 0.6 is 0 Å². The second kappa shape index (κ2) is 9.37. The molecule has 31 heavy (non-hydrogen) atoms. The standard InChI is InChI=1S/C24H27FN2O4/c1-30-22-10-7-18(13-21(22)25)24(29)27-11-3-4-16(14-27)15-31-20-6-2-5-17(12-20)23(28)26-19-8-9-19/h2,5-7,10,12-13,16,19H,3-4,8-9,11,14-15H2,1H3,(H,26,28). The number of halogens is 1. The maximum atomic E-state index is 14.0. The second-order valence-corrected chi connectivity index (χ2v) is 8.20. The van der Waals surface area contributed by atoms with E-state index in [9.17, 15) is 14.0 Å². The van der Waals surface area contributed by atoms with E-state index in [0.717, 1.165) is 25.7 Å². The van der Waals surface area contributed by atoms with Gasteiger partial charge in [0.2, 0.25) is 0 Å². The number of carbonyl (C=O) groups excluding carboxylic acids is 2. The van der Waals surface area contributed by atoms with Crippen molar-refractivity contribution in [2.24, 2.45) is 5.92 Å². The summed E-state index contributed by atoms with van der Waals surface area (Å²) in [4.78, 5) is 26.8. The normalized spacial score (nSPS) is 18.4. The van der Waals surface area contributed by atoms with Crippen LogP contribution in [0.3, 0.4) is 0 Å². The van der Waals surface area contributed by atoms with Crippen LogP contribution in [0, 0.1) is 11.7 Å². The molecule has 6 nitrogen and oxygen atoms in total. The molecule has 4 rings (SSSR count). The molecule has 1 saturated carbocycles. The fraction of sp³-hybridized carbons (Fsp3) is 0.417. The molecular formula is C24H27FN2O4. The van der Waals surface area contributed by atoms with Gasteiger partial charge in [-0.1, -0.05) is 6.07 Å². The minimum Gasteiger partial charge on any atom is -0.494 e. The van der Waals surface area contributed by atoms with Crippen molar-refractivity contribution >= 4 is 11.8 Å². The molecule has 2 aromatic carbocycles. The molecule has 164 valence electrons. The third kappa shape index (κ3) is 5.34. The molecule has 1 aliphatic carbocycles. The fourth-order valence-electron chi connectivity index (χ4n) is 3.81. The SMILES string of the molecule is COc1ccc(C(=O)N2CCCC(COc3cccc(C(=O)NC4CC4)c3)C2)cc1F. The van der Waals surface area contributed by atoms with Gasteiger partial charge in [-0.05, 0) is 62.1 Å². The molecule has 2 fully saturated rings. The highest BCUT2D eigenvalue weighted by Gasteiger charge is 2.26. The fourth-order valence-corrected chi connectivity index (χ4v) is 3.81. The van der Waals surface area contributed by atoms with Crippen LogP contribution in [-0.2, 0) is 0 Å². The van der Waals surface area contributed by atoms with Gasteiger partial charge in [0.1, 0.15) is 5.75 Å². The monoisotopic (exact) mass is 426 g/mol. The van der Waals surface area contributed by atoms with Crippen LogP contribution in [0.2, 0.25) is 0 Å². The Bertz CT molecular complexity index is 960. The summed E-state index contributed by atoms with van der Waals surface area (Å²) in [6.07, 6.45) is 3.90. The van der Waals surface area contributed by atoms with Crippen LogP contribution < -0.4 is 14.8 Å². The zero-order valence-electron chi connectivity index (χ0n) is 17.6. The van der Waals surface area contributed by atoms with Gasteiger partial charge in [0.05, 0.1) is 13.7 Å². The Morgan fingerprint density at radius 1 is 1.13 bits per heavy atom. The van der Waals surface area contributed by atoms with Crippen molar-refractivity contribution in [1.82, 2.24) is 10.2 Å². The van der Waals surface area contributed by atoms with Crippen molar-refractivity contribution in [2.75, 3.05) is 26.8 Å². The summed E-state index contributed by atoms with van der Waals surface area (Å²) in [5.41, 5.74) is 0.903. The van der Waals surface area contributed by atoms with E-state index >= 15 is 0 Å². The maximum absolute atomic E-state index is 14.0. The number of nitrogens with zero attached hydrogens (tertiary/aromatic N) is 1. The van der Waals surface area contributed by atoms with E-state index in [1.165, 1.54) is 19.2 Å². The van der Waals surface area contributed by atoms with Crippen LogP contribution in [0.4, 0.5) is 4.39 Å². The first kappa shape index (κ1) is 21.2. The van der Waals surface area contributed by atoms with Crippen molar-refractivity contribution < 1.29 is 23.5 Å². The van der Waals surface area contributed by atoms with Gasteiger partial charge in [-0.3, -0.25) is 9.59 Å². The number of hydrogen-bond acceptors (Lipinski definition) is 4. The lowest BCUT2D eigenvalue weighted by Crippen LogP contribution is -2.41. The van der Waals surface area contributed by atoms with Crippen LogP contribution in [-0.4, -0.2) is 49.6 Å². The first-order chi connectivity index (χ1) is 15.0. The Balaban J connectivity index is 1.33. The van der Waals surface area contributed by atoms with E-state index in [1.807, 2.05) is 12.1 Å². The number of carbonyl (C=O) groups is 2. The molecule has 1 atom stereocenters. The van der Waals surface area contributed by atoms with Crippen molar-refractivity contribution in [3.8, 4) is 11.5 Å². The number of amides is 2. The first-order valence-corrected chi connectivity index (χ1v) is 10.7. The minimum absolute atomic E-state index is 0.0749. The van der Waals surface area contributed by atoms with E-state index in [0.29, 0.717) is 42.6 Å². The number of piperidine rings is 1. The summed E-state index contributed by atoms with van der Waals surface area (Å²) in [5, 5.41) is 2.97. The predicted octanol–water partition coefficient (Wildman–Crippen LogP) is 3.66. The number of ether oxygens (including phenoxy) is 2. The molecule has 1 N–H and O–H groups in total. The number of rotatable bonds is 7. The average Bonchev–Trinajstić information content (AvgIpc) is 3.61. The van der Waals surface area contributed by atoms with Crippen LogP contribution in [0.15, 0.2) is 42.5 Å². The third-order valence-corrected chi connectivity index (χ3v) is 5.70. The molecule has 1 aliphatic heterocycles. The van der Waals surface area contributed by atoms with Crippen molar-refractivity contribution in [2.45, 2.75) is 31.7 Å². The van der Waals surface area contributed by atoms with Gasteiger partial charge >= 0.3 is 0 Å². The minimum atomic E-state index is -0.546. The maximum Gasteiger partial charge on any atom is 0.253 e. The number of hydrogen-bond donors (Lipinski definition) is 1. The highest BCUT2D eigenvalue weighted by Crippen LogP contribution is 2.24. The summed E-state index contributed by atoms with van der Waals surface area (Å²) in [6, 6.07) is 11.8. The lowest BCUT2D eigenvalue weighted by atomic mass is 9.98. The molecule has 2 amide bonds. The molecule has 0 radical (unpaired) electrons. The molecule has 2 aromatic rings. The molecule has 2 aliphatic rings. The summed E-state index contributed by atoms with van der Waals surface area (Å²) in [7, 11) is 1.39. The van der Waals surface area contributed by atoms with E-state index in [1.54, 1.807) is 23.1 Å². The van der Waals surface area contributed by atoms with Crippen molar-refractivity contribution in [1.29, 1.82) is 0 Å². The molecule has 0 spiro atoms. The van der Waals surface area contributed by atoms with Crippen LogP contribution in [0.25, 0.3) is 0 Å². The molecule has 7 heteroatoms. The Hall–Kier alpha value is -3.09. The van der Waals surface area contributed by atoms with Gasteiger partial charge in [0, 0.05) is 36.2 Å². The second-order valence-electron chi connectivity index (χ2n) is 8.20. The van der Waals surface area contributed by atoms with Gasteiger partial charge < -0.3 is 19.7 Å². The highest BCUT2D eigenvalue weighted by molar-refractivity contribution is 5.95. The van der Waals surface area contributed by atoms with Crippen LogP contribution in [0.1, 0.15) is 46.4 Å². The lowest BCUT2D eigenvalue weighted by Gasteiger charge is -2.32. The zero-order chi connectivity index (χ0) is 21.8. The summed E-state index contributed by atoms with van der Waals surface area (Å²) < 4.78 is 24.8. The third-order valence-electron chi connectivity index (χ3n) is 5.70. The molecule has 1 saturated heterocycles. The molecular weight excluding hydrogens is 399 g/mol. The number of nitrogens with one attached hydrogen (secondary N) is 1. The Morgan fingerprint density at radius 3 is 2.71 bits per heavy atom. The van der Waals surface area contributed by atoms with Crippen molar-refractivity contribution in [3.05, 3.63) is 59.4 Å². The summed E-state index contributed by atoms with van der Waals surface area (Å²) in [5.74, 6) is 0.123. The topological polar surface area (TPSA) is 67.9 Å². The van der Waals surface area contributed by atoms with Gasteiger partial charge in [-0.2, -0.15) is 0 Å². The highest BCUT2D eigenvalue weighted by atomic mass is 19.1. The Labute approximate surface area is 181 Å². The van der Waals surface area contributed by atoms with Crippen molar-refractivity contribution in [3.63, 3.8) is 0 Å². The molecule has 0 bridgehead atoms. The van der Waals surface area contributed by atoms with Gasteiger partial charge in [-0.15, -0.1) is 0 Å². The van der Waals surface area contributed by atoms with E-state index in [4.69, 9.17) is 9.47 Å². The average molecular weight is 426 g/mol. The zero-order valence-corrected chi connectivity index (χ0v) is 17.6. The van der Waals surface area contributed by atoms with Gasteiger partial charge in [-0.25, -0.2) is 4.39 Å². The first-order valence-electron chi connectivity index (χ1n) is 10.7. The van der Waals surface area contributed by atoms with Gasteiger partial charge in [0.25, 0.3) is 11.8 Å².